The maximum atomic E-state index is 9.81. The van der Waals surface area contributed by atoms with Crippen molar-refractivity contribution in [1.82, 2.24) is 5.32 Å². The third-order valence-corrected chi connectivity index (χ3v) is 3.12. The van der Waals surface area contributed by atoms with E-state index in [0.29, 0.717) is 5.56 Å². The smallest absolute Gasteiger partial charge is 0.124 e. The molecule has 3 N–H and O–H groups in total. The predicted octanol–water partition coefficient (Wildman–Crippen LogP) is 2.97. The Balaban J connectivity index is 2.02. The van der Waals surface area contributed by atoms with Crippen LogP contribution < -0.4 is 5.32 Å². The molecule has 0 aliphatic carbocycles. The van der Waals surface area contributed by atoms with Gasteiger partial charge in [-0.15, -0.1) is 0 Å². The van der Waals surface area contributed by atoms with Gasteiger partial charge in [0.15, 0.2) is 0 Å². The molecule has 0 spiro atoms. The molecule has 2 aromatic rings. The van der Waals surface area contributed by atoms with Gasteiger partial charge in [-0.05, 0) is 38.1 Å². The Kier molecular flexibility index (Phi) is 4.12. The molecule has 0 amide bonds. The molecule has 0 bridgehead atoms. The van der Waals surface area contributed by atoms with E-state index >= 15 is 0 Å². The van der Waals surface area contributed by atoms with Gasteiger partial charge < -0.3 is 19.9 Å². The molecule has 2 rings (SSSR count). The monoisotopic (exact) mass is 261 g/mol. The Hall–Kier alpha value is -1.94. The Labute approximate surface area is 112 Å². The predicted molar refractivity (Wildman–Crippen MR) is 73.2 cm³/mol. The standard InChI is InChI=1S/C15H19NO3/c1-10(9-12-5-4-8-19-12)16-11(2)15-13(17)6-3-7-14(15)18/h3-8,10-11,16-18H,9H2,1-2H3. The van der Waals surface area contributed by atoms with Crippen molar-refractivity contribution < 1.29 is 14.6 Å². The SMILES string of the molecule is CC(Cc1ccco1)NC(C)c1c(O)cccc1O. The minimum Gasteiger partial charge on any atom is -0.507 e. The lowest BCUT2D eigenvalue weighted by Crippen LogP contribution is -2.30. The lowest BCUT2D eigenvalue weighted by Gasteiger charge is -2.21. The van der Waals surface area contributed by atoms with Crippen molar-refractivity contribution in [2.24, 2.45) is 0 Å². The highest BCUT2D eigenvalue weighted by Crippen LogP contribution is 2.32. The van der Waals surface area contributed by atoms with E-state index < -0.39 is 0 Å². The van der Waals surface area contributed by atoms with Crippen molar-refractivity contribution in [3.05, 3.63) is 47.9 Å². The van der Waals surface area contributed by atoms with E-state index in [1.54, 1.807) is 24.5 Å². The molecule has 2 unspecified atom stereocenters. The van der Waals surface area contributed by atoms with Crippen LogP contribution in [0.25, 0.3) is 0 Å². The zero-order chi connectivity index (χ0) is 13.8. The summed E-state index contributed by atoms with van der Waals surface area (Å²) in [6.07, 6.45) is 2.41. The topological polar surface area (TPSA) is 65.6 Å². The molecule has 2 atom stereocenters. The number of furan rings is 1. The fourth-order valence-electron chi connectivity index (χ4n) is 2.28. The average molecular weight is 261 g/mol. The molecule has 0 fully saturated rings. The quantitative estimate of drug-likeness (QED) is 0.774. The first kappa shape index (κ1) is 13.5. The number of phenolic OH excluding ortho intramolecular Hbond substituents is 2. The number of benzene rings is 1. The molecular weight excluding hydrogens is 242 g/mol. The van der Waals surface area contributed by atoms with Crippen LogP contribution in [0.3, 0.4) is 0 Å². The number of rotatable bonds is 5. The molecule has 0 aliphatic heterocycles. The molecule has 1 aromatic carbocycles. The van der Waals surface area contributed by atoms with Gasteiger partial charge in [-0.3, -0.25) is 0 Å². The van der Waals surface area contributed by atoms with E-state index in [2.05, 4.69) is 5.32 Å². The highest BCUT2D eigenvalue weighted by Gasteiger charge is 2.17. The van der Waals surface area contributed by atoms with Crippen LogP contribution in [0.4, 0.5) is 0 Å². The van der Waals surface area contributed by atoms with Crippen LogP contribution in [0.1, 0.15) is 31.2 Å². The average Bonchev–Trinajstić information content (AvgIpc) is 2.81. The van der Waals surface area contributed by atoms with E-state index in [-0.39, 0.29) is 23.6 Å². The Morgan fingerprint density at radius 2 is 1.79 bits per heavy atom. The maximum absolute atomic E-state index is 9.81. The third kappa shape index (κ3) is 3.29. The minimum atomic E-state index is -0.147. The van der Waals surface area contributed by atoms with Crippen molar-refractivity contribution in [3.8, 4) is 11.5 Å². The Morgan fingerprint density at radius 1 is 1.11 bits per heavy atom. The normalized spacial score (nSPS) is 14.2. The summed E-state index contributed by atoms with van der Waals surface area (Å²) in [5.74, 6) is 1.11. The zero-order valence-electron chi connectivity index (χ0n) is 11.1. The second-order valence-electron chi connectivity index (χ2n) is 4.78. The van der Waals surface area contributed by atoms with Crippen LogP contribution in [0.15, 0.2) is 41.0 Å². The third-order valence-electron chi connectivity index (χ3n) is 3.12. The lowest BCUT2D eigenvalue weighted by molar-refractivity contribution is 0.393. The van der Waals surface area contributed by atoms with Gasteiger partial charge in [-0.25, -0.2) is 0 Å². The van der Waals surface area contributed by atoms with E-state index in [4.69, 9.17) is 4.42 Å². The van der Waals surface area contributed by atoms with Crippen molar-refractivity contribution in [1.29, 1.82) is 0 Å². The number of aromatic hydroxyl groups is 2. The van der Waals surface area contributed by atoms with Crippen LogP contribution in [0.5, 0.6) is 11.5 Å². The van der Waals surface area contributed by atoms with Crippen LogP contribution in [-0.4, -0.2) is 16.3 Å². The summed E-state index contributed by atoms with van der Waals surface area (Å²) in [5, 5.41) is 23.0. The van der Waals surface area contributed by atoms with Gasteiger partial charge in [-0.2, -0.15) is 0 Å². The van der Waals surface area contributed by atoms with Crippen molar-refractivity contribution in [2.75, 3.05) is 0 Å². The summed E-state index contributed by atoms with van der Waals surface area (Å²) in [6.45, 7) is 3.95. The van der Waals surface area contributed by atoms with Crippen molar-refractivity contribution >= 4 is 0 Å². The van der Waals surface area contributed by atoms with Gasteiger partial charge in [0, 0.05) is 18.5 Å². The first-order chi connectivity index (χ1) is 9.08. The van der Waals surface area contributed by atoms with Gasteiger partial charge in [-0.1, -0.05) is 6.07 Å². The molecular formula is C15H19NO3. The number of phenols is 2. The molecule has 0 saturated heterocycles. The first-order valence-corrected chi connectivity index (χ1v) is 6.37. The maximum Gasteiger partial charge on any atom is 0.124 e. The van der Waals surface area contributed by atoms with E-state index in [1.807, 2.05) is 26.0 Å². The van der Waals surface area contributed by atoms with Gasteiger partial charge in [0.1, 0.15) is 17.3 Å². The van der Waals surface area contributed by atoms with Crippen LogP contribution in [0, 0.1) is 0 Å². The number of hydrogen-bond donors (Lipinski definition) is 3. The molecule has 102 valence electrons. The number of hydrogen-bond acceptors (Lipinski definition) is 4. The lowest BCUT2D eigenvalue weighted by atomic mass is 10.0. The Bertz CT molecular complexity index is 502. The highest BCUT2D eigenvalue weighted by molar-refractivity contribution is 5.44. The van der Waals surface area contributed by atoms with Gasteiger partial charge in [0.05, 0.1) is 11.8 Å². The molecule has 4 heteroatoms. The van der Waals surface area contributed by atoms with Gasteiger partial charge in [0.2, 0.25) is 0 Å². The Morgan fingerprint density at radius 3 is 2.37 bits per heavy atom. The summed E-state index contributed by atoms with van der Waals surface area (Å²) < 4.78 is 5.30. The van der Waals surface area contributed by atoms with Crippen molar-refractivity contribution in [3.63, 3.8) is 0 Å². The summed E-state index contributed by atoms with van der Waals surface area (Å²) in [5.41, 5.74) is 0.522. The molecule has 1 aromatic heterocycles. The molecule has 19 heavy (non-hydrogen) atoms. The fourth-order valence-corrected chi connectivity index (χ4v) is 2.28. The minimum absolute atomic E-state index is 0.102. The van der Waals surface area contributed by atoms with Crippen LogP contribution >= 0.6 is 0 Å². The highest BCUT2D eigenvalue weighted by atomic mass is 16.3. The zero-order valence-corrected chi connectivity index (χ0v) is 11.1. The summed E-state index contributed by atoms with van der Waals surface area (Å²) in [4.78, 5) is 0. The summed E-state index contributed by atoms with van der Waals surface area (Å²) >= 11 is 0. The van der Waals surface area contributed by atoms with Crippen LogP contribution in [0.2, 0.25) is 0 Å². The van der Waals surface area contributed by atoms with Crippen molar-refractivity contribution in [2.45, 2.75) is 32.4 Å². The summed E-state index contributed by atoms with van der Waals surface area (Å²) in [6, 6.07) is 8.58. The van der Waals surface area contributed by atoms with E-state index in [9.17, 15) is 10.2 Å². The largest absolute Gasteiger partial charge is 0.507 e. The fraction of sp³-hybridized carbons (Fsp3) is 0.333. The van der Waals surface area contributed by atoms with Gasteiger partial charge >= 0.3 is 0 Å². The van der Waals surface area contributed by atoms with E-state index in [1.165, 1.54) is 0 Å². The second kappa shape index (κ2) is 5.80. The van der Waals surface area contributed by atoms with E-state index in [0.717, 1.165) is 12.2 Å². The molecule has 0 radical (unpaired) electrons. The molecule has 1 heterocycles. The van der Waals surface area contributed by atoms with Crippen LogP contribution in [-0.2, 0) is 6.42 Å². The molecule has 4 nitrogen and oxygen atoms in total. The summed E-state index contributed by atoms with van der Waals surface area (Å²) in [7, 11) is 0. The van der Waals surface area contributed by atoms with Gasteiger partial charge in [0.25, 0.3) is 0 Å². The molecule has 0 aliphatic rings. The second-order valence-corrected chi connectivity index (χ2v) is 4.78. The first-order valence-electron chi connectivity index (χ1n) is 6.37. The number of nitrogens with one attached hydrogen (secondary N) is 1. The molecule has 0 saturated carbocycles.